The average Bonchev–Trinajstić information content (AvgIpc) is 2.26. The van der Waals surface area contributed by atoms with Crippen LogP contribution in [0.3, 0.4) is 0 Å². The first-order chi connectivity index (χ1) is 8.84. The van der Waals surface area contributed by atoms with Crippen LogP contribution >= 0.6 is 0 Å². The summed E-state index contributed by atoms with van der Waals surface area (Å²) in [6.07, 6.45) is 5.00. The molecule has 1 rings (SSSR count). The van der Waals surface area contributed by atoms with E-state index in [0.29, 0.717) is 12.1 Å². The van der Waals surface area contributed by atoms with E-state index in [-0.39, 0.29) is 12.1 Å². The summed E-state index contributed by atoms with van der Waals surface area (Å²) in [5.74, 6) is 1.57. The van der Waals surface area contributed by atoms with Crippen LogP contribution in [0.2, 0.25) is 0 Å². The molecule has 3 unspecified atom stereocenters. The van der Waals surface area contributed by atoms with Crippen molar-refractivity contribution in [1.29, 1.82) is 0 Å². The van der Waals surface area contributed by atoms with Crippen molar-refractivity contribution in [2.24, 2.45) is 11.8 Å². The van der Waals surface area contributed by atoms with Gasteiger partial charge in [0.2, 0.25) is 0 Å². The minimum absolute atomic E-state index is 0.159. The van der Waals surface area contributed by atoms with Crippen LogP contribution in [0.25, 0.3) is 0 Å². The van der Waals surface area contributed by atoms with Crippen LogP contribution in [0, 0.1) is 11.8 Å². The monoisotopic (exact) mass is 271 g/mol. The fourth-order valence-corrected chi connectivity index (χ4v) is 3.35. The number of aliphatic hydroxyl groups excluding tert-OH is 1. The molecule has 1 aliphatic rings. The van der Waals surface area contributed by atoms with Gasteiger partial charge in [0, 0.05) is 18.2 Å². The Hall–Kier alpha value is -0.120. The van der Waals surface area contributed by atoms with Gasteiger partial charge in [0.05, 0.1) is 12.7 Å². The van der Waals surface area contributed by atoms with Gasteiger partial charge in [0.25, 0.3) is 0 Å². The SMILES string of the molecule is CC1CC(C)CC(OCCC(C)(CO)NC(C)C)C1. The molecule has 0 radical (unpaired) electrons. The lowest BCUT2D eigenvalue weighted by atomic mass is 9.82. The average molecular weight is 271 g/mol. The van der Waals surface area contributed by atoms with Crippen LogP contribution < -0.4 is 5.32 Å². The summed E-state index contributed by atoms with van der Waals surface area (Å²) in [4.78, 5) is 0. The Morgan fingerprint density at radius 1 is 1.21 bits per heavy atom. The molecule has 0 heterocycles. The molecule has 0 amide bonds. The third kappa shape index (κ3) is 6.24. The Morgan fingerprint density at radius 2 is 1.79 bits per heavy atom. The van der Waals surface area contributed by atoms with Gasteiger partial charge in [-0.3, -0.25) is 0 Å². The number of ether oxygens (including phenoxy) is 1. The van der Waals surface area contributed by atoms with Gasteiger partial charge >= 0.3 is 0 Å². The molecule has 0 aromatic rings. The number of aliphatic hydroxyl groups is 1. The molecule has 0 aromatic carbocycles. The smallest absolute Gasteiger partial charge is 0.0611 e. The number of rotatable bonds is 7. The van der Waals surface area contributed by atoms with E-state index >= 15 is 0 Å². The van der Waals surface area contributed by atoms with E-state index in [1.54, 1.807) is 0 Å². The second kappa shape index (κ2) is 7.61. The molecule has 1 saturated carbocycles. The summed E-state index contributed by atoms with van der Waals surface area (Å²) in [6, 6.07) is 0.381. The summed E-state index contributed by atoms with van der Waals surface area (Å²) >= 11 is 0. The van der Waals surface area contributed by atoms with Crippen molar-refractivity contribution in [1.82, 2.24) is 5.32 Å². The summed E-state index contributed by atoms with van der Waals surface area (Å²) in [5.41, 5.74) is -0.222. The first-order valence-electron chi connectivity index (χ1n) is 7.85. The molecule has 0 saturated heterocycles. The van der Waals surface area contributed by atoms with Crippen LogP contribution in [0.1, 0.15) is 60.3 Å². The van der Waals surface area contributed by atoms with Crippen LogP contribution in [-0.2, 0) is 4.74 Å². The third-order valence-corrected chi connectivity index (χ3v) is 4.13. The molecule has 19 heavy (non-hydrogen) atoms. The highest BCUT2D eigenvalue weighted by Gasteiger charge is 2.27. The van der Waals surface area contributed by atoms with Gasteiger partial charge in [0.1, 0.15) is 0 Å². The predicted molar refractivity (Wildman–Crippen MR) is 80.3 cm³/mol. The minimum atomic E-state index is -0.222. The van der Waals surface area contributed by atoms with Gasteiger partial charge in [-0.15, -0.1) is 0 Å². The van der Waals surface area contributed by atoms with Crippen molar-refractivity contribution < 1.29 is 9.84 Å². The quantitative estimate of drug-likeness (QED) is 0.748. The molecule has 3 heteroatoms. The maximum atomic E-state index is 9.54. The molecule has 0 aromatic heterocycles. The van der Waals surface area contributed by atoms with Crippen LogP contribution in [0.15, 0.2) is 0 Å². The zero-order valence-electron chi connectivity index (χ0n) is 13.4. The van der Waals surface area contributed by atoms with E-state index in [9.17, 15) is 5.11 Å². The summed E-state index contributed by atoms with van der Waals surface area (Å²) in [5, 5.41) is 13.0. The second-order valence-corrected chi connectivity index (χ2v) is 7.18. The number of nitrogens with one attached hydrogen (secondary N) is 1. The van der Waals surface area contributed by atoms with E-state index < -0.39 is 0 Å². The molecule has 0 aliphatic heterocycles. The third-order valence-electron chi connectivity index (χ3n) is 4.13. The Bertz CT molecular complexity index is 247. The molecule has 3 nitrogen and oxygen atoms in total. The first-order valence-corrected chi connectivity index (χ1v) is 7.85. The maximum absolute atomic E-state index is 9.54. The van der Waals surface area contributed by atoms with E-state index in [4.69, 9.17) is 4.74 Å². The Kier molecular flexibility index (Phi) is 6.78. The van der Waals surface area contributed by atoms with Gasteiger partial charge in [-0.2, -0.15) is 0 Å². The Balaban J connectivity index is 2.31. The summed E-state index contributed by atoms with van der Waals surface area (Å²) in [7, 11) is 0. The highest BCUT2D eigenvalue weighted by atomic mass is 16.5. The second-order valence-electron chi connectivity index (χ2n) is 7.18. The lowest BCUT2D eigenvalue weighted by Gasteiger charge is -2.34. The molecule has 0 bridgehead atoms. The van der Waals surface area contributed by atoms with Crippen molar-refractivity contribution in [3.05, 3.63) is 0 Å². The summed E-state index contributed by atoms with van der Waals surface area (Å²) < 4.78 is 6.05. The van der Waals surface area contributed by atoms with Crippen LogP contribution in [-0.4, -0.2) is 36.0 Å². The predicted octanol–water partition coefficient (Wildman–Crippen LogP) is 2.97. The molecular formula is C16H33NO2. The van der Waals surface area contributed by atoms with Crippen molar-refractivity contribution in [2.45, 2.75) is 78.0 Å². The zero-order valence-corrected chi connectivity index (χ0v) is 13.4. The highest BCUT2D eigenvalue weighted by molar-refractivity contribution is 4.84. The first kappa shape index (κ1) is 16.9. The molecule has 0 spiro atoms. The van der Waals surface area contributed by atoms with E-state index in [0.717, 1.165) is 24.9 Å². The lowest BCUT2D eigenvalue weighted by Crippen LogP contribution is -2.50. The highest BCUT2D eigenvalue weighted by Crippen LogP contribution is 2.30. The number of hydrogen-bond donors (Lipinski definition) is 2. The fourth-order valence-electron chi connectivity index (χ4n) is 3.35. The Morgan fingerprint density at radius 3 is 2.26 bits per heavy atom. The van der Waals surface area contributed by atoms with Crippen LogP contribution in [0.4, 0.5) is 0 Å². The van der Waals surface area contributed by atoms with Gasteiger partial charge in [-0.05, 0) is 44.4 Å². The zero-order chi connectivity index (χ0) is 14.5. The van der Waals surface area contributed by atoms with Crippen molar-refractivity contribution in [3.63, 3.8) is 0 Å². The normalized spacial score (nSPS) is 31.4. The minimum Gasteiger partial charge on any atom is -0.394 e. The van der Waals surface area contributed by atoms with Gasteiger partial charge in [-0.1, -0.05) is 27.7 Å². The Labute approximate surface area is 119 Å². The number of hydrogen-bond acceptors (Lipinski definition) is 3. The largest absolute Gasteiger partial charge is 0.394 e. The van der Waals surface area contributed by atoms with Crippen molar-refractivity contribution in [2.75, 3.05) is 13.2 Å². The molecule has 1 fully saturated rings. The molecule has 114 valence electrons. The van der Waals surface area contributed by atoms with E-state index in [1.165, 1.54) is 19.3 Å². The van der Waals surface area contributed by atoms with Gasteiger partial charge in [-0.25, -0.2) is 0 Å². The van der Waals surface area contributed by atoms with E-state index in [1.807, 2.05) is 0 Å². The maximum Gasteiger partial charge on any atom is 0.0611 e. The lowest BCUT2D eigenvalue weighted by molar-refractivity contribution is -0.0120. The molecule has 3 atom stereocenters. The topological polar surface area (TPSA) is 41.5 Å². The standard InChI is InChI=1S/C16H33NO2/c1-12(2)17-16(5,11-18)6-7-19-15-9-13(3)8-14(4)10-15/h12-15,17-18H,6-11H2,1-5H3. The van der Waals surface area contributed by atoms with Crippen molar-refractivity contribution >= 4 is 0 Å². The van der Waals surface area contributed by atoms with Gasteiger partial charge < -0.3 is 15.2 Å². The summed E-state index contributed by atoms with van der Waals surface area (Å²) in [6.45, 7) is 11.8. The fraction of sp³-hybridized carbons (Fsp3) is 1.00. The molecular weight excluding hydrogens is 238 g/mol. The van der Waals surface area contributed by atoms with Gasteiger partial charge in [0.15, 0.2) is 0 Å². The van der Waals surface area contributed by atoms with Crippen LogP contribution in [0.5, 0.6) is 0 Å². The van der Waals surface area contributed by atoms with Crippen molar-refractivity contribution in [3.8, 4) is 0 Å². The van der Waals surface area contributed by atoms with E-state index in [2.05, 4.69) is 39.9 Å². The molecule has 2 N–H and O–H groups in total. The molecule has 1 aliphatic carbocycles.